The number of carboxylic acid groups (broad SMARTS) is 1. The number of hydrogen-bond acceptors (Lipinski definition) is 3. The summed E-state index contributed by atoms with van der Waals surface area (Å²) in [5, 5.41) is 11.2. The molecular weight excluding hydrogens is 270 g/mol. The fourth-order valence-electron chi connectivity index (χ4n) is 2.03. The summed E-state index contributed by atoms with van der Waals surface area (Å²) in [4.78, 5) is 21.8. The molecule has 0 aliphatic rings. The van der Waals surface area contributed by atoms with Crippen LogP contribution in [0.4, 0.5) is 0 Å². The van der Waals surface area contributed by atoms with Gasteiger partial charge in [0.2, 0.25) is 5.91 Å². The van der Waals surface area contributed by atoms with Crippen LogP contribution in [0.5, 0.6) is 5.75 Å². The Hall–Kier alpha value is -2.04. The van der Waals surface area contributed by atoms with Crippen molar-refractivity contribution in [3.63, 3.8) is 0 Å². The predicted molar refractivity (Wildman–Crippen MR) is 80.5 cm³/mol. The number of aryl methyl sites for hydroxylation is 2. The molecule has 116 valence electrons. The molecule has 0 bridgehead atoms. The van der Waals surface area contributed by atoms with Crippen LogP contribution in [0.2, 0.25) is 0 Å². The van der Waals surface area contributed by atoms with Gasteiger partial charge >= 0.3 is 5.97 Å². The Balaban J connectivity index is 2.13. The van der Waals surface area contributed by atoms with Crippen LogP contribution in [0.25, 0.3) is 0 Å². The number of hydrogen-bond donors (Lipinski definition) is 2. The Labute approximate surface area is 125 Å². The lowest BCUT2D eigenvalue weighted by Crippen LogP contribution is -2.27. The molecule has 5 heteroatoms. The van der Waals surface area contributed by atoms with Crippen molar-refractivity contribution in [1.29, 1.82) is 0 Å². The second-order valence-electron chi connectivity index (χ2n) is 5.12. The Morgan fingerprint density at radius 1 is 1.10 bits per heavy atom. The number of amides is 1. The van der Waals surface area contributed by atoms with E-state index in [0.717, 1.165) is 16.9 Å². The van der Waals surface area contributed by atoms with Crippen molar-refractivity contribution < 1.29 is 19.4 Å². The van der Waals surface area contributed by atoms with Crippen LogP contribution < -0.4 is 10.1 Å². The topological polar surface area (TPSA) is 75.6 Å². The van der Waals surface area contributed by atoms with E-state index in [9.17, 15) is 9.59 Å². The molecule has 0 atom stereocenters. The minimum absolute atomic E-state index is 0.0654. The molecule has 5 nitrogen and oxygen atoms in total. The second-order valence-corrected chi connectivity index (χ2v) is 5.12. The number of nitrogens with one attached hydrogen (secondary N) is 1. The number of aliphatic carboxylic acids is 1. The predicted octanol–water partition coefficient (Wildman–Crippen LogP) is 2.44. The first-order valence-electron chi connectivity index (χ1n) is 7.17. The van der Waals surface area contributed by atoms with Crippen LogP contribution in [0.1, 0.15) is 36.8 Å². The number of ether oxygens (including phenoxy) is 1. The van der Waals surface area contributed by atoms with Crippen molar-refractivity contribution in [1.82, 2.24) is 5.32 Å². The summed E-state index contributed by atoms with van der Waals surface area (Å²) in [6.07, 6.45) is 1.60. The van der Waals surface area contributed by atoms with Crippen LogP contribution in [0.15, 0.2) is 18.2 Å². The van der Waals surface area contributed by atoms with Gasteiger partial charge in [0.25, 0.3) is 0 Å². The van der Waals surface area contributed by atoms with Crippen molar-refractivity contribution in [2.24, 2.45) is 0 Å². The first kappa shape index (κ1) is 17.0. The molecule has 0 unspecified atom stereocenters. The van der Waals surface area contributed by atoms with Gasteiger partial charge in [-0.15, -0.1) is 0 Å². The highest BCUT2D eigenvalue weighted by Crippen LogP contribution is 2.15. The van der Waals surface area contributed by atoms with Gasteiger partial charge in [-0.3, -0.25) is 9.59 Å². The lowest BCUT2D eigenvalue weighted by molar-refractivity contribution is -0.137. The summed E-state index contributed by atoms with van der Waals surface area (Å²) in [7, 11) is 0. The van der Waals surface area contributed by atoms with Gasteiger partial charge in [0.15, 0.2) is 0 Å². The normalized spacial score (nSPS) is 10.2. The van der Waals surface area contributed by atoms with Crippen molar-refractivity contribution in [3.05, 3.63) is 29.3 Å². The van der Waals surface area contributed by atoms with E-state index in [1.807, 2.05) is 26.0 Å². The summed E-state index contributed by atoms with van der Waals surface area (Å²) in [6, 6.07) is 5.99. The number of unbranched alkanes of at least 4 members (excludes halogenated alkanes) is 1. The van der Waals surface area contributed by atoms with Gasteiger partial charge in [-0.05, 0) is 49.9 Å². The standard InChI is InChI=1S/C16H23NO4/c1-12-9-13(2)11-14(10-12)21-8-7-17-15(18)5-3-4-6-16(19)20/h9-11H,3-8H2,1-2H3,(H,17,18)(H,19,20). The first-order valence-corrected chi connectivity index (χ1v) is 7.17. The molecular formula is C16H23NO4. The number of carbonyl (C=O) groups excluding carboxylic acids is 1. The smallest absolute Gasteiger partial charge is 0.303 e. The minimum Gasteiger partial charge on any atom is -0.492 e. The zero-order chi connectivity index (χ0) is 15.7. The zero-order valence-electron chi connectivity index (χ0n) is 12.6. The third-order valence-corrected chi connectivity index (χ3v) is 2.93. The van der Waals surface area contributed by atoms with Crippen LogP contribution >= 0.6 is 0 Å². The molecule has 0 saturated heterocycles. The SMILES string of the molecule is Cc1cc(C)cc(OCCNC(=O)CCCCC(=O)O)c1. The number of rotatable bonds is 9. The van der Waals surface area contributed by atoms with E-state index in [1.165, 1.54) is 0 Å². The van der Waals surface area contributed by atoms with Gasteiger partial charge in [-0.2, -0.15) is 0 Å². The molecule has 0 fully saturated rings. The molecule has 1 amide bonds. The van der Waals surface area contributed by atoms with Crippen LogP contribution in [0, 0.1) is 13.8 Å². The van der Waals surface area contributed by atoms with Gasteiger partial charge in [0, 0.05) is 12.8 Å². The fraction of sp³-hybridized carbons (Fsp3) is 0.500. The Morgan fingerprint density at radius 3 is 2.33 bits per heavy atom. The highest BCUT2D eigenvalue weighted by molar-refractivity contribution is 5.75. The molecule has 21 heavy (non-hydrogen) atoms. The van der Waals surface area contributed by atoms with Crippen molar-refractivity contribution in [2.75, 3.05) is 13.2 Å². The first-order chi connectivity index (χ1) is 9.97. The Kier molecular flexibility index (Phi) is 7.29. The van der Waals surface area contributed by atoms with E-state index in [-0.39, 0.29) is 12.3 Å². The number of benzene rings is 1. The molecule has 0 spiro atoms. The fourth-order valence-corrected chi connectivity index (χ4v) is 2.03. The van der Waals surface area contributed by atoms with Gasteiger partial charge < -0.3 is 15.2 Å². The third kappa shape index (κ3) is 7.97. The molecule has 0 heterocycles. The zero-order valence-corrected chi connectivity index (χ0v) is 12.6. The van der Waals surface area contributed by atoms with E-state index >= 15 is 0 Å². The van der Waals surface area contributed by atoms with Crippen molar-refractivity contribution in [3.8, 4) is 5.75 Å². The Bertz CT molecular complexity index is 465. The van der Waals surface area contributed by atoms with Crippen LogP contribution in [-0.2, 0) is 9.59 Å². The van der Waals surface area contributed by atoms with E-state index in [1.54, 1.807) is 0 Å². The maximum absolute atomic E-state index is 11.5. The highest BCUT2D eigenvalue weighted by atomic mass is 16.5. The molecule has 0 radical (unpaired) electrons. The summed E-state index contributed by atoms with van der Waals surface area (Å²) in [6.45, 7) is 4.89. The second kappa shape index (κ2) is 9.00. The molecule has 2 N–H and O–H groups in total. The van der Waals surface area contributed by atoms with Gasteiger partial charge in [0.1, 0.15) is 12.4 Å². The largest absolute Gasteiger partial charge is 0.492 e. The lowest BCUT2D eigenvalue weighted by Gasteiger charge is -2.09. The average Bonchev–Trinajstić information content (AvgIpc) is 2.38. The lowest BCUT2D eigenvalue weighted by atomic mass is 10.1. The quantitative estimate of drug-likeness (QED) is 0.686. The van der Waals surface area contributed by atoms with E-state index in [0.29, 0.717) is 32.4 Å². The van der Waals surface area contributed by atoms with Gasteiger partial charge in [-0.1, -0.05) is 6.07 Å². The van der Waals surface area contributed by atoms with E-state index in [4.69, 9.17) is 9.84 Å². The molecule has 0 aliphatic heterocycles. The number of carbonyl (C=O) groups is 2. The van der Waals surface area contributed by atoms with Crippen molar-refractivity contribution >= 4 is 11.9 Å². The molecule has 0 aromatic heterocycles. The molecule has 1 rings (SSSR count). The molecule has 1 aromatic carbocycles. The summed E-state index contributed by atoms with van der Waals surface area (Å²) < 4.78 is 5.58. The van der Waals surface area contributed by atoms with Gasteiger partial charge in [0.05, 0.1) is 6.54 Å². The molecule has 1 aromatic rings. The summed E-state index contributed by atoms with van der Waals surface area (Å²) >= 11 is 0. The maximum atomic E-state index is 11.5. The highest BCUT2D eigenvalue weighted by Gasteiger charge is 2.03. The van der Waals surface area contributed by atoms with Gasteiger partial charge in [-0.25, -0.2) is 0 Å². The average molecular weight is 293 g/mol. The number of carboxylic acids is 1. The molecule has 0 saturated carbocycles. The van der Waals surface area contributed by atoms with Crippen LogP contribution in [0.3, 0.4) is 0 Å². The van der Waals surface area contributed by atoms with Crippen molar-refractivity contribution in [2.45, 2.75) is 39.5 Å². The monoisotopic (exact) mass is 293 g/mol. The van der Waals surface area contributed by atoms with E-state index in [2.05, 4.69) is 11.4 Å². The minimum atomic E-state index is -0.822. The van der Waals surface area contributed by atoms with E-state index < -0.39 is 5.97 Å². The maximum Gasteiger partial charge on any atom is 0.303 e. The van der Waals surface area contributed by atoms with Crippen LogP contribution in [-0.4, -0.2) is 30.1 Å². The summed E-state index contributed by atoms with van der Waals surface area (Å²) in [5.74, 6) is -0.0788. The summed E-state index contributed by atoms with van der Waals surface area (Å²) in [5.41, 5.74) is 2.29. The third-order valence-electron chi connectivity index (χ3n) is 2.93. The Morgan fingerprint density at radius 2 is 1.71 bits per heavy atom. The molecule has 0 aliphatic carbocycles.